The van der Waals surface area contributed by atoms with Crippen LogP contribution in [-0.2, 0) is 19.2 Å². The second kappa shape index (κ2) is 30.1. The first-order valence-electron chi connectivity index (χ1n) is 25.7. The molecule has 0 heterocycles. The summed E-state index contributed by atoms with van der Waals surface area (Å²) in [4.78, 5) is 0. The Balaban J connectivity index is 0.000000125. The summed E-state index contributed by atoms with van der Waals surface area (Å²) in [5.41, 5.74) is 0. The van der Waals surface area contributed by atoms with E-state index in [9.17, 15) is 0 Å². The molecular weight excluding hydrogens is 1100 g/mol. The van der Waals surface area contributed by atoms with Gasteiger partial charge in [0, 0.05) is 0 Å². The topological polar surface area (TPSA) is 0 Å². The second-order valence-corrected chi connectivity index (χ2v) is 27.1. The number of rotatable bonds is 12. The van der Waals surface area contributed by atoms with Crippen LogP contribution in [0, 0.1) is 0 Å². The SMILES string of the molecule is [Pd][c]1ccccc1P(c1ccccc1)c1ccccc1.c1ccc(P(c2ccccc2)c2ccccc2)cc1.c1ccc(P(c2ccccc2)c2ccccc2)cc1.c1ccc(P(c2ccccc2)c2ccccc2)cc1. The van der Waals surface area contributed by atoms with Gasteiger partial charge in [-0.1, -0.05) is 273 Å². The number of hydrogen-bond donors (Lipinski definition) is 0. The molecule has 0 N–H and O–H groups in total. The molecule has 0 aliphatic heterocycles. The van der Waals surface area contributed by atoms with Gasteiger partial charge in [0.25, 0.3) is 0 Å². The van der Waals surface area contributed by atoms with E-state index in [0.717, 1.165) is 0 Å². The predicted octanol–water partition coefficient (Wildman–Crippen LogP) is 13.0. The smallest absolute Gasteiger partial charge is 0.0134 e. The van der Waals surface area contributed by atoms with Crippen LogP contribution < -0.4 is 67.7 Å². The molecule has 0 atom stereocenters. The molecule has 12 aromatic rings. The summed E-state index contributed by atoms with van der Waals surface area (Å²) in [6.07, 6.45) is 0. The van der Waals surface area contributed by atoms with E-state index in [1.165, 1.54) is 67.7 Å². The van der Waals surface area contributed by atoms with E-state index >= 15 is 0 Å². The Hall–Kier alpha value is -6.98. The van der Waals surface area contributed by atoms with Crippen molar-refractivity contribution < 1.29 is 19.2 Å². The summed E-state index contributed by atoms with van der Waals surface area (Å²) in [7, 11) is -1.84. The first-order valence-corrected chi connectivity index (χ1v) is 31.8. The molecule has 0 bridgehead atoms. The molecule has 0 saturated carbocycles. The van der Waals surface area contributed by atoms with Gasteiger partial charge in [-0.3, -0.25) is 0 Å². The van der Waals surface area contributed by atoms with E-state index in [1.807, 2.05) is 0 Å². The van der Waals surface area contributed by atoms with Gasteiger partial charge in [0.05, 0.1) is 0 Å². The summed E-state index contributed by atoms with van der Waals surface area (Å²) < 4.78 is 1.22. The Morgan fingerprint density at radius 3 is 0.429 bits per heavy atom. The molecule has 77 heavy (non-hydrogen) atoms. The van der Waals surface area contributed by atoms with Crippen molar-refractivity contribution in [2.75, 3.05) is 0 Å². The standard InChI is InChI=1S/3C18H15P.C18H14P.Pd/c4*1-4-10-16(11-5-1)19(17-12-6-2-7-13-17)18-14-8-3-9-15-18;/h3*1-15H;1-14H;. The maximum absolute atomic E-state index is 3.41. The largest absolute Gasteiger partial charge is 0.0622 e. The van der Waals surface area contributed by atoms with E-state index in [4.69, 9.17) is 0 Å². The van der Waals surface area contributed by atoms with Crippen LogP contribution >= 0.6 is 31.7 Å². The van der Waals surface area contributed by atoms with Crippen molar-refractivity contribution in [3.8, 4) is 0 Å². The minimum atomic E-state index is -0.504. The number of benzene rings is 12. The molecular formula is C72H59P4Pd. The first-order chi connectivity index (χ1) is 38.2. The van der Waals surface area contributed by atoms with Crippen molar-refractivity contribution in [3.63, 3.8) is 0 Å². The quantitative estimate of drug-likeness (QED) is 0.0845. The molecule has 0 amide bonds. The summed E-state index contributed by atoms with van der Waals surface area (Å²) in [5.74, 6) is 0. The van der Waals surface area contributed by atoms with Crippen LogP contribution in [0.15, 0.2) is 358 Å². The molecule has 0 aromatic heterocycles. The predicted molar refractivity (Wildman–Crippen MR) is 340 cm³/mol. The van der Waals surface area contributed by atoms with Gasteiger partial charge in [0.1, 0.15) is 0 Å². The van der Waals surface area contributed by atoms with E-state index in [-0.39, 0.29) is 0 Å². The third-order valence-corrected chi connectivity index (χ3v) is 23.0. The average molecular weight is 1150 g/mol. The van der Waals surface area contributed by atoms with E-state index in [0.29, 0.717) is 0 Å². The molecule has 0 spiro atoms. The van der Waals surface area contributed by atoms with Crippen molar-refractivity contribution >= 4 is 99.4 Å². The van der Waals surface area contributed by atoms with Crippen molar-refractivity contribution in [1.82, 2.24) is 0 Å². The molecule has 0 radical (unpaired) electrons. The molecule has 0 fully saturated rings. The third kappa shape index (κ3) is 15.8. The van der Waals surface area contributed by atoms with Gasteiger partial charge in [-0.15, -0.1) is 0 Å². The number of hydrogen-bond acceptors (Lipinski definition) is 0. The fraction of sp³-hybridized carbons (Fsp3) is 0. The average Bonchev–Trinajstić information content (AvgIpc) is 3.52. The van der Waals surface area contributed by atoms with E-state index < -0.39 is 31.7 Å². The molecule has 0 nitrogen and oxygen atoms in total. The fourth-order valence-electron chi connectivity index (χ4n) is 8.73. The van der Waals surface area contributed by atoms with Gasteiger partial charge >= 0.3 is 132 Å². The maximum atomic E-state index is 3.41. The van der Waals surface area contributed by atoms with Gasteiger partial charge in [0.15, 0.2) is 0 Å². The zero-order valence-corrected chi connectivity index (χ0v) is 47.8. The third-order valence-electron chi connectivity index (χ3n) is 12.2. The second-order valence-electron chi connectivity index (χ2n) is 17.5. The normalized spacial score (nSPS) is 10.6. The molecule has 12 aromatic carbocycles. The van der Waals surface area contributed by atoms with Crippen LogP contribution in [0.5, 0.6) is 0 Å². The van der Waals surface area contributed by atoms with Crippen molar-refractivity contribution in [2.24, 2.45) is 0 Å². The summed E-state index contributed by atoms with van der Waals surface area (Å²) in [6.45, 7) is 0. The Labute approximate surface area is 473 Å². The molecule has 0 unspecified atom stereocenters. The van der Waals surface area contributed by atoms with Gasteiger partial charge in [-0.2, -0.15) is 0 Å². The van der Waals surface area contributed by atoms with Crippen LogP contribution in [0.1, 0.15) is 0 Å². The summed E-state index contributed by atoms with van der Waals surface area (Å²) >= 11 is 3.41. The minimum Gasteiger partial charge on any atom is -0.0622 e. The fourth-order valence-corrected chi connectivity index (χ4v) is 18.8. The Kier molecular flexibility index (Phi) is 21.4. The van der Waals surface area contributed by atoms with Crippen LogP contribution in [0.4, 0.5) is 0 Å². The van der Waals surface area contributed by atoms with Gasteiger partial charge < -0.3 is 0 Å². The monoisotopic (exact) mass is 1150 g/mol. The minimum absolute atomic E-state index is 0.446. The van der Waals surface area contributed by atoms with Gasteiger partial charge in [0.2, 0.25) is 0 Å². The van der Waals surface area contributed by atoms with Crippen molar-refractivity contribution in [3.05, 3.63) is 358 Å². The zero-order chi connectivity index (χ0) is 52.5. The molecule has 377 valence electrons. The van der Waals surface area contributed by atoms with Crippen LogP contribution in [0.25, 0.3) is 0 Å². The van der Waals surface area contributed by atoms with Gasteiger partial charge in [-0.05, 0) is 71.5 Å². The van der Waals surface area contributed by atoms with Crippen LogP contribution in [0.3, 0.4) is 0 Å². The Morgan fingerprint density at radius 2 is 0.273 bits per heavy atom. The molecule has 0 aliphatic rings. The zero-order valence-electron chi connectivity index (χ0n) is 42.7. The van der Waals surface area contributed by atoms with Crippen molar-refractivity contribution in [1.29, 1.82) is 0 Å². The van der Waals surface area contributed by atoms with Crippen LogP contribution in [-0.4, -0.2) is 0 Å². The molecule has 0 saturated heterocycles. The molecule has 0 aliphatic carbocycles. The summed E-state index contributed by atoms with van der Waals surface area (Å²) in [5, 5.41) is 16.7. The van der Waals surface area contributed by atoms with Crippen molar-refractivity contribution in [2.45, 2.75) is 0 Å². The Bertz CT molecular complexity index is 2890. The van der Waals surface area contributed by atoms with Crippen LogP contribution in [0.2, 0.25) is 0 Å². The van der Waals surface area contributed by atoms with E-state index in [1.54, 1.807) is 0 Å². The maximum Gasteiger partial charge on any atom is -0.0134 e. The Morgan fingerprint density at radius 1 is 0.143 bits per heavy atom. The van der Waals surface area contributed by atoms with E-state index in [2.05, 4.69) is 377 Å². The summed E-state index contributed by atoms with van der Waals surface area (Å²) in [6, 6.07) is 127. The molecule has 12 rings (SSSR count). The first kappa shape index (κ1) is 54.8. The van der Waals surface area contributed by atoms with Gasteiger partial charge in [-0.25, -0.2) is 0 Å². The molecule has 5 heteroatoms.